The SMILES string of the molecule is O=C([O-])C1CCN(Cc2ccc(-c3ccccc3)cc2)CC1. The van der Waals surface area contributed by atoms with E-state index in [1.165, 1.54) is 16.7 Å². The Labute approximate surface area is 131 Å². The third-order valence-corrected chi connectivity index (χ3v) is 4.39. The van der Waals surface area contributed by atoms with Gasteiger partial charge < -0.3 is 9.90 Å². The first kappa shape index (κ1) is 14.8. The summed E-state index contributed by atoms with van der Waals surface area (Å²) >= 11 is 0. The molecule has 0 saturated carbocycles. The second-order valence-corrected chi connectivity index (χ2v) is 5.93. The van der Waals surface area contributed by atoms with Crippen LogP contribution in [-0.4, -0.2) is 24.0 Å². The third kappa shape index (κ3) is 3.55. The molecule has 1 aliphatic rings. The Bertz CT molecular complexity index is 614. The highest BCUT2D eigenvalue weighted by Crippen LogP contribution is 2.22. The lowest BCUT2D eigenvalue weighted by molar-refractivity contribution is -0.312. The van der Waals surface area contributed by atoms with E-state index in [-0.39, 0.29) is 5.92 Å². The Balaban J connectivity index is 1.59. The molecule has 0 aromatic heterocycles. The van der Waals surface area contributed by atoms with E-state index in [0.717, 1.165) is 19.6 Å². The van der Waals surface area contributed by atoms with Crippen molar-refractivity contribution in [2.75, 3.05) is 13.1 Å². The largest absolute Gasteiger partial charge is 0.550 e. The van der Waals surface area contributed by atoms with Crippen LogP contribution in [0.4, 0.5) is 0 Å². The van der Waals surface area contributed by atoms with Gasteiger partial charge in [0, 0.05) is 18.4 Å². The number of hydrogen-bond acceptors (Lipinski definition) is 3. The van der Waals surface area contributed by atoms with Gasteiger partial charge in [0.2, 0.25) is 0 Å². The van der Waals surface area contributed by atoms with Gasteiger partial charge in [-0.1, -0.05) is 54.6 Å². The number of aliphatic carboxylic acids is 1. The third-order valence-electron chi connectivity index (χ3n) is 4.39. The zero-order valence-corrected chi connectivity index (χ0v) is 12.6. The van der Waals surface area contributed by atoms with Gasteiger partial charge in [-0.15, -0.1) is 0 Å². The molecule has 1 heterocycles. The summed E-state index contributed by atoms with van der Waals surface area (Å²) in [4.78, 5) is 13.2. The number of benzene rings is 2. The fourth-order valence-electron chi connectivity index (χ4n) is 3.02. The van der Waals surface area contributed by atoms with Gasteiger partial charge in [0.1, 0.15) is 0 Å². The van der Waals surface area contributed by atoms with Crippen LogP contribution in [-0.2, 0) is 11.3 Å². The molecule has 0 radical (unpaired) electrons. The smallest absolute Gasteiger partial charge is 0.0446 e. The molecule has 3 nitrogen and oxygen atoms in total. The lowest BCUT2D eigenvalue weighted by atomic mass is 9.96. The quantitative estimate of drug-likeness (QED) is 0.869. The lowest BCUT2D eigenvalue weighted by Gasteiger charge is -2.32. The van der Waals surface area contributed by atoms with Crippen molar-refractivity contribution in [3.63, 3.8) is 0 Å². The maximum atomic E-state index is 10.9. The summed E-state index contributed by atoms with van der Waals surface area (Å²) in [5, 5.41) is 10.9. The van der Waals surface area contributed by atoms with Crippen LogP contribution in [0.15, 0.2) is 54.6 Å². The van der Waals surface area contributed by atoms with Crippen LogP contribution in [0.1, 0.15) is 18.4 Å². The molecule has 1 aliphatic heterocycles. The maximum absolute atomic E-state index is 10.9. The molecule has 0 bridgehead atoms. The predicted molar refractivity (Wildman–Crippen MR) is 84.9 cm³/mol. The van der Waals surface area contributed by atoms with Crippen molar-refractivity contribution >= 4 is 5.97 Å². The van der Waals surface area contributed by atoms with E-state index in [4.69, 9.17) is 0 Å². The predicted octanol–water partition coefficient (Wildman–Crippen LogP) is 2.32. The number of likely N-dealkylation sites (tertiary alicyclic amines) is 1. The minimum absolute atomic E-state index is 0.267. The van der Waals surface area contributed by atoms with Gasteiger partial charge in [0.15, 0.2) is 0 Å². The molecule has 2 aromatic rings. The Morgan fingerprint density at radius 1 is 0.955 bits per heavy atom. The van der Waals surface area contributed by atoms with Crippen molar-refractivity contribution in [3.8, 4) is 11.1 Å². The standard InChI is InChI=1S/C19H21NO2/c21-19(22)18-10-12-20(13-11-18)14-15-6-8-17(9-7-15)16-4-2-1-3-5-16/h1-9,18H,10-14H2,(H,21,22)/p-1. The molecular weight excluding hydrogens is 274 g/mol. The summed E-state index contributed by atoms with van der Waals surface area (Å²) in [5.74, 6) is -1.16. The van der Waals surface area contributed by atoms with Gasteiger partial charge in [-0.3, -0.25) is 4.90 Å². The molecule has 2 aromatic carbocycles. The number of carboxylic acid groups (broad SMARTS) is 1. The van der Waals surface area contributed by atoms with Gasteiger partial charge in [-0.25, -0.2) is 0 Å². The topological polar surface area (TPSA) is 43.4 Å². The van der Waals surface area contributed by atoms with Crippen molar-refractivity contribution in [1.82, 2.24) is 4.90 Å². The zero-order chi connectivity index (χ0) is 15.4. The summed E-state index contributed by atoms with van der Waals surface area (Å²) in [6.45, 7) is 2.55. The Morgan fingerprint density at radius 3 is 2.14 bits per heavy atom. The molecule has 114 valence electrons. The normalized spacial score (nSPS) is 16.5. The molecule has 0 unspecified atom stereocenters. The van der Waals surface area contributed by atoms with Gasteiger partial charge in [0.25, 0.3) is 0 Å². The van der Waals surface area contributed by atoms with E-state index in [2.05, 4.69) is 41.3 Å². The van der Waals surface area contributed by atoms with E-state index < -0.39 is 5.97 Å². The van der Waals surface area contributed by atoms with Crippen LogP contribution < -0.4 is 5.11 Å². The number of carboxylic acids is 1. The molecule has 22 heavy (non-hydrogen) atoms. The fraction of sp³-hybridized carbons (Fsp3) is 0.316. The van der Waals surface area contributed by atoms with E-state index in [1.54, 1.807) is 0 Å². The molecule has 3 heteroatoms. The van der Waals surface area contributed by atoms with Crippen molar-refractivity contribution in [2.24, 2.45) is 5.92 Å². The lowest BCUT2D eigenvalue weighted by Crippen LogP contribution is -2.40. The van der Waals surface area contributed by atoms with Gasteiger partial charge >= 0.3 is 0 Å². The second kappa shape index (κ2) is 6.75. The zero-order valence-electron chi connectivity index (χ0n) is 12.6. The van der Waals surface area contributed by atoms with Crippen LogP contribution in [0.2, 0.25) is 0 Å². The average molecular weight is 294 g/mol. The highest BCUT2D eigenvalue weighted by molar-refractivity contribution is 5.67. The molecule has 0 atom stereocenters. The highest BCUT2D eigenvalue weighted by atomic mass is 16.4. The summed E-state index contributed by atoms with van der Waals surface area (Å²) < 4.78 is 0. The first-order valence-electron chi connectivity index (χ1n) is 7.80. The molecule has 0 aliphatic carbocycles. The molecule has 0 spiro atoms. The van der Waals surface area contributed by atoms with Crippen molar-refractivity contribution in [1.29, 1.82) is 0 Å². The van der Waals surface area contributed by atoms with E-state index in [1.807, 2.05) is 18.2 Å². The molecular formula is C19H20NO2-. The van der Waals surface area contributed by atoms with Crippen LogP contribution >= 0.6 is 0 Å². The number of carbonyl (C=O) groups excluding carboxylic acids is 1. The average Bonchev–Trinajstić information content (AvgIpc) is 2.57. The number of hydrogen-bond donors (Lipinski definition) is 0. The summed E-state index contributed by atoms with van der Waals surface area (Å²) in [6.07, 6.45) is 1.40. The fourth-order valence-corrected chi connectivity index (χ4v) is 3.02. The first-order valence-corrected chi connectivity index (χ1v) is 7.80. The van der Waals surface area contributed by atoms with Crippen molar-refractivity contribution in [3.05, 3.63) is 60.2 Å². The van der Waals surface area contributed by atoms with E-state index in [0.29, 0.717) is 12.8 Å². The second-order valence-electron chi connectivity index (χ2n) is 5.93. The molecule has 0 N–H and O–H groups in total. The van der Waals surface area contributed by atoms with Crippen molar-refractivity contribution in [2.45, 2.75) is 19.4 Å². The number of piperidine rings is 1. The van der Waals surface area contributed by atoms with E-state index in [9.17, 15) is 9.90 Å². The Hall–Kier alpha value is -2.13. The van der Waals surface area contributed by atoms with Crippen LogP contribution in [0, 0.1) is 5.92 Å². The van der Waals surface area contributed by atoms with Crippen LogP contribution in [0.5, 0.6) is 0 Å². The first-order chi connectivity index (χ1) is 10.7. The minimum atomic E-state index is -0.896. The number of carbonyl (C=O) groups is 1. The van der Waals surface area contributed by atoms with Gasteiger partial charge in [-0.2, -0.15) is 0 Å². The molecule has 3 rings (SSSR count). The van der Waals surface area contributed by atoms with Crippen LogP contribution in [0.25, 0.3) is 11.1 Å². The highest BCUT2D eigenvalue weighted by Gasteiger charge is 2.19. The van der Waals surface area contributed by atoms with E-state index >= 15 is 0 Å². The molecule has 1 fully saturated rings. The Morgan fingerprint density at radius 2 is 1.55 bits per heavy atom. The molecule has 0 amide bonds. The van der Waals surface area contributed by atoms with Crippen molar-refractivity contribution < 1.29 is 9.90 Å². The maximum Gasteiger partial charge on any atom is 0.0446 e. The minimum Gasteiger partial charge on any atom is -0.550 e. The van der Waals surface area contributed by atoms with Gasteiger partial charge in [0.05, 0.1) is 0 Å². The van der Waals surface area contributed by atoms with Crippen LogP contribution in [0.3, 0.4) is 0 Å². The Kier molecular flexibility index (Phi) is 4.54. The van der Waals surface area contributed by atoms with Gasteiger partial charge in [-0.05, 0) is 42.6 Å². The number of rotatable bonds is 4. The number of nitrogens with zero attached hydrogens (tertiary/aromatic N) is 1. The summed E-state index contributed by atoms with van der Waals surface area (Å²) in [6, 6.07) is 19.0. The summed E-state index contributed by atoms with van der Waals surface area (Å²) in [5.41, 5.74) is 3.72. The molecule has 1 saturated heterocycles. The summed E-state index contributed by atoms with van der Waals surface area (Å²) in [7, 11) is 0. The monoisotopic (exact) mass is 294 g/mol.